The number of carbonyl (C=O) groups is 2. The van der Waals surface area contributed by atoms with Gasteiger partial charge in [0.1, 0.15) is 0 Å². The number of aromatic nitrogens is 2. The molecule has 7 nitrogen and oxygen atoms in total. The maximum absolute atomic E-state index is 12.8. The van der Waals surface area contributed by atoms with Crippen LogP contribution >= 0.6 is 23.2 Å². The molecule has 0 spiro atoms. The zero-order valence-corrected chi connectivity index (χ0v) is 17.9. The van der Waals surface area contributed by atoms with E-state index in [1.807, 2.05) is 17.0 Å². The van der Waals surface area contributed by atoms with Crippen molar-refractivity contribution in [3.05, 3.63) is 46.2 Å². The molecule has 2 amide bonds. The normalized spacial score (nSPS) is 21.4. The summed E-state index contributed by atoms with van der Waals surface area (Å²) < 4.78 is 1.32. The Labute approximate surface area is 179 Å². The van der Waals surface area contributed by atoms with Crippen LogP contribution < -0.4 is 4.90 Å². The first-order chi connectivity index (χ1) is 13.8. The molecule has 0 bridgehead atoms. The van der Waals surface area contributed by atoms with Gasteiger partial charge in [0.15, 0.2) is 0 Å². The topological polar surface area (TPSA) is 61.7 Å². The molecule has 29 heavy (non-hydrogen) atoms. The highest BCUT2D eigenvalue weighted by molar-refractivity contribution is 6.34. The van der Waals surface area contributed by atoms with Crippen LogP contribution in [0.2, 0.25) is 10.0 Å². The van der Waals surface area contributed by atoms with Crippen LogP contribution in [0.3, 0.4) is 0 Å². The lowest BCUT2D eigenvalue weighted by Crippen LogP contribution is -2.36. The summed E-state index contributed by atoms with van der Waals surface area (Å²) in [6, 6.07) is 5.50. The van der Waals surface area contributed by atoms with Gasteiger partial charge in [0, 0.05) is 56.7 Å². The minimum atomic E-state index is -0.143. The van der Waals surface area contributed by atoms with Gasteiger partial charge in [-0.1, -0.05) is 23.2 Å². The van der Waals surface area contributed by atoms with Crippen molar-refractivity contribution in [2.45, 2.75) is 13.5 Å². The lowest BCUT2D eigenvalue weighted by Gasteiger charge is -2.21. The number of nitrogens with zero attached hydrogens (tertiary/aromatic N) is 5. The number of hydrogen-bond acceptors (Lipinski definition) is 4. The molecule has 154 valence electrons. The quantitative estimate of drug-likeness (QED) is 0.742. The number of hydrogen-bond donors (Lipinski definition) is 0. The summed E-state index contributed by atoms with van der Waals surface area (Å²) in [6.07, 6.45) is 3.14. The molecule has 0 saturated carbocycles. The van der Waals surface area contributed by atoms with Gasteiger partial charge in [0.25, 0.3) is 0 Å². The largest absolute Gasteiger partial charge is 0.344 e. The van der Waals surface area contributed by atoms with E-state index in [9.17, 15) is 9.59 Å². The highest BCUT2D eigenvalue weighted by Gasteiger charge is 2.42. The van der Waals surface area contributed by atoms with E-state index in [0.29, 0.717) is 40.7 Å². The molecule has 2 fully saturated rings. The van der Waals surface area contributed by atoms with E-state index >= 15 is 0 Å². The lowest BCUT2D eigenvalue weighted by molar-refractivity contribution is -0.116. The third-order valence-electron chi connectivity index (χ3n) is 5.79. The Hall–Kier alpha value is -2.09. The van der Waals surface area contributed by atoms with Crippen molar-refractivity contribution in [1.29, 1.82) is 0 Å². The highest BCUT2D eigenvalue weighted by Crippen LogP contribution is 2.33. The molecule has 2 aliphatic heterocycles. The van der Waals surface area contributed by atoms with Crippen LogP contribution in [0.5, 0.6) is 0 Å². The summed E-state index contributed by atoms with van der Waals surface area (Å²) in [5.41, 5.74) is 1.71. The average Bonchev–Trinajstić information content (AvgIpc) is 3.34. The number of carbonyl (C=O) groups excluding carboxylic acids is 2. The first-order valence-corrected chi connectivity index (χ1v) is 10.3. The second-order valence-electron chi connectivity index (χ2n) is 7.90. The molecular weight excluding hydrogens is 413 g/mol. The molecule has 1 aromatic carbocycles. The SMILES string of the molecule is CC(=O)N(C)c1cnn(C(=O)N2CC3CN(Cc4cc(Cl)cc(Cl)c4)CC3C2)c1. The number of rotatable bonds is 3. The van der Waals surface area contributed by atoms with E-state index in [1.165, 1.54) is 22.7 Å². The summed E-state index contributed by atoms with van der Waals surface area (Å²) in [6.45, 7) is 5.60. The van der Waals surface area contributed by atoms with Crippen LogP contribution in [0.4, 0.5) is 10.5 Å². The van der Waals surface area contributed by atoms with Gasteiger partial charge in [-0.3, -0.25) is 9.69 Å². The van der Waals surface area contributed by atoms with Gasteiger partial charge >= 0.3 is 6.03 Å². The van der Waals surface area contributed by atoms with Gasteiger partial charge in [0.2, 0.25) is 5.91 Å². The third-order valence-corrected chi connectivity index (χ3v) is 6.22. The number of anilines is 1. The molecule has 0 radical (unpaired) electrons. The molecule has 2 unspecified atom stereocenters. The molecule has 2 atom stereocenters. The van der Waals surface area contributed by atoms with Crippen LogP contribution in [0.25, 0.3) is 0 Å². The van der Waals surface area contributed by atoms with Crippen molar-refractivity contribution in [2.24, 2.45) is 11.8 Å². The smallest absolute Gasteiger partial charge is 0.322 e. The van der Waals surface area contributed by atoms with E-state index in [0.717, 1.165) is 25.2 Å². The van der Waals surface area contributed by atoms with Gasteiger partial charge in [-0.2, -0.15) is 9.78 Å². The Kier molecular flexibility index (Phi) is 5.55. The second kappa shape index (κ2) is 7.97. The van der Waals surface area contributed by atoms with E-state index in [4.69, 9.17) is 23.2 Å². The molecular formula is C20H23Cl2N5O2. The fourth-order valence-electron chi connectivity index (χ4n) is 4.25. The minimum Gasteiger partial charge on any atom is -0.322 e. The lowest BCUT2D eigenvalue weighted by atomic mass is 10.0. The fraction of sp³-hybridized carbons (Fsp3) is 0.450. The molecule has 4 rings (SSSR count). The minimum absolute atomic E-state index is 0.103. The van der Waals surface area contributed by atoms with Gasteiger partial charge < -0.3 is 9.80 Å². The standard InChI is InChI=1S/C20H23Cl2N5O2/c1-13(28)24(2)19-6-23-27(12-19)20(29)26-10-15-8-25(9-16(15)11-26)7-14-3-17(21)5-18(22)4-14/h3-6,12,15-16H,7-11H2,1-2H3. The van der Waals surface area contributed by atoms with Gasteiger partial charge in [-0.15, -0.1) is 0 Å². The van der Waals surface area contributed by atoms with Crippen LogP contribution in [-0.4, -0.2) is 64.7 Å². The van der Waals surface area contributed by atoms with E-state index in [1.54, 1.807) is 19.3 Å². The van der Waals surface area contributed by atoms with E-state index < -0.39 is 0 Å². The second-order valence-corrected chi connectivity index (χ2v) is 8.77. The van der Waals surface area contributed by atoms with Crippen LogP contribution in [0.15, 0.2) is 30.6 Å². The van der Waals surface area contributed by atoms with Crippen molar-refractivity contribution in [3.8, 4) is 0 Å². The highest BCUT2D eigenvalue weighted by atomic mass is 35.5. The first kappa shape index (κ1) is 20.2. The number of halogens is 2. The fourth-order valence-corrected chi connectivity index (χ4v) is 4.83. The Morgan fingerprint density at radius 1 is 1.10 bits per heavy atom. The number of benzene rings is 1. The predicted octanol–water partition coefficient (Wildman–Crippen LogP) is 3.20. The Bertz CT molecular complexity index is 912. The molecule has 0 aliphatic carbocycles. The van der Waals surface area contributed by atoms with E-state index in [2.05, 4.69) is 10.00 Å². The molecule has 9 heteroatoms. The summed E-state index contributed by atoms with van der Waals surface area (Å²) in [4.78, 5) is 30.0. The Morgan fingerprint density at radius 3 is 2.31 bits per heavy atom. The number of amides is 2. The van der Waals surface area contributed by atoms with E-state index in [-0.39, 0.29) is 11.9 Å². The summed E-state index contributed by atoms with van der Waals surface area (Å²) in [5, 5.41) is 5.44. The molecule has 2 aromatic rings. The monoisotopic (exact) mass is 435 g/mol. The van der Waals surface area contributed by atoms with Crippen molar-refractivity contribution >= 4 is 40.8 Å². The first-order valence-electron chi connectivity index (χ1n) is 9.55. The summed E-state index contributed by atoms with van der Waals surface area (Å²) >= 11 is 12.2. The molecule has 1 aromatic heterocycles. The van der Waals surface area contributed by atoms with Crippen molar-refractivity contribution < 1.29 is 9.59 Å². The zero-order chi connectivity index (χ0) is 20.7. The Morgan fingerprint density at radius 2 is 1.72 bits per heavy atom. The average molecular weight is 436 g/mol. The number of likely N-dealkylation sites (tertiary alicyclic amines) is 2. The van der Waals surface area contributed by atoms with Crippen LogP contribution in [0, 0.1) is 11.8 Å². The molecule has 2 saturated heterocycles. The third kappa shape index (κ3) is 4.27. The van der Waals surface area contributed by atoms with Crippen molar-refractivity contribution in [3.63, 3.8) is 0 Å². The van der Waals surface area contributed by atoms with Crippen LogP contribution in [-0.2, 0) is 11.3 Å². The predicted molar refractivity (Wildman–Crippen MR) is 112 cm³/mol. The van der Waals surface area contributed by atoms with Gasteiger partial charge in [-0.25, -0.2) is 4.79 Å². The Balaban J connectivity index is 1.35. The van der Waals surface area contributed by atoms with Crippen LogP contribution in [0.1, 0.15) is 12.5 Å². The van der Waals surface area contributed by atoms with Crippen molar-refractivity contribution in [1.82, 2.24) is 19.6 Å². The maximum Gasteiger partial charge on any atom is 0.344 e. The molecule has 0 N–H and O–H groups in total. The zero-order valence-electron chi connectivity index (χ0n) is 16.4. The van der Waals surface area contributed by atoms with Gasteiger partial charge in [0.05, 0.1) is 18.1 Å². The van der Waals surface area contributed by atoms with Crippen molar-refractivity contribution in [2.75, 3.05) is 38.1 Å². The summed E-state index contributed by atoms with van der Waals surface area (Å²) in [7, 11) is 1.66. The maximum atomic E-state index is 12.8. The molecule has 3 heterocycles. The van der Waals surface area contributed by atoms with Gasteiger partial charge in [-0.05, 0) is 35.6 Å². The number of fused-ring (bicyclic) bond motifs is 1. The summed E-state index contributed by atoms with van der Waals surface area (Å²) in [5.74, 6) is 0.792. The molecule has 2 aliphatic rings.